The predicted molar refractivity (Wildman–Crippen MR) is 111 cm³/mol. The number of urea groups is 1. The van der Waals surface area contributed by atoms with Crippen molar-refractivity contribution in [2.75, 3.05) is 51.3 Å². The Morgan fingerprint density at radius 3 is 2.21 bits per heavy atom. The Balaban J connectivity index is 1.36. The first-order chi connectivity index (χ1) is 13.7. The van der Waals surface area contributed by atoms with E-state index >= 15 is 0 Å². The van der Waals surface area contributed by atoms with E-state index in [2.05, 4.69) is 41.4 Å². The minimum atomic E-state index is -0.0284. The molecule has 1 saturated heterocycles. The van der Waals surface area contributed by atoms with Crippen LogP contribution in [0.4, 0.5) is 10.5 Å². The fourth-order valence-corrected chi connectivity index (χ4v) is 3.22. The zero-order valence-electron chi connectivity index (χ0n) is 16.7. The number of benzene rings is 2. The Morgan fingerprint density at radius 1 is 0.964 bits per heavy atom. The molecule has 0 atom stereocenters. The minimum absolute atomic E-state index is 0.0284. The van der Waals surface area contributed by atoms with Gasteiger partial charge in [-0.25, -0.2) is 4.79 Å². The molecule has 1 N–H and O–H groups in total. The molecule has 1 heterocycles. The number of ether oxygens (including phenoxy) is 2. The molecule has 6 nitrogen and oxygen atoms in total. The van der Waals surface area contributed by atoms with Crippen LogP contribution in [0.25, 0.3) is 0 Å². The highest BCUT2D eigenvalue weighted by atomic mass is 16.5. The normalized spacial score (nSPS) is 13.9. The van der Waals surface area contributed by atoms with Crippen LogP contribution in [-0.4, -0.2) is 57.4 Å². The van der Waals surface area contributed by atoms with E-state index in [0.29, 0.717) is 26.2 Å². The second-order valence-corrected chi connectivity index (χ2v) is 6.75. The van der Waals surface area contributed by atoms with Gasteiger partial charge in [0.2, 0.25) is 0 Å². The molecule has 6 heteroatoms. The molecule has 1 fully saturated rings. The van der Waals surface area contributed by atoms with Crippen LogP contribution < -0.4 is 19.7 Å². The second kappa shape index (κ2) is 9.88. The molecule has 0 spiro atoms. The first-order valence-electron chi connectivity index (χ1n) is 9.83. The summed E-state index contributed by atoms with van der Waals surface area (Å²) in [6.07, 6.45) is 1.02. The zero-order chi connectivity index (χ0) is 19.8. The van der Waals surface area contributed by atoms with Gasteiger partial charge < -0.3 is 24.6 Å². The molecule has 0 unspecified atom stereocenters. The van der Waals surface area contributed by atoms with E-state index in [1.54, 1.807) is 7.11 Å². The van der Waals surface area contributed by atoms with Crippen LogP contribution in [0.5, 0.6) is 11.5 Å². The first kappa shape index (κ1) is 19.9. The van der Waals surface area contributed by atoms with Gasteiger partial charge in [0.1, 0.15) is 18.1 Å². The van der Waals surface area contributed by atoms with Crippen LogP contribution in [0.2, 0.25) is 0 Å². The number of hydrogen-bond acceptors (Lipinski definition) is 4. The van der Waals surface area contributed by atoms with Crippen LogP contribution in [0, 0.1) is 0 Å². The molecule has 0 aromatic heterocycles. The molecular formula is C22H29N3O3. The monoisotopic (exact) mass is 383 g/mol. The Morgan fingerprint density at radius 2 is 1.61 bits per heavy atom. The number of rotatable bonds is 7. The molecular weight excluding hydrogens is 354 g/mol. The quantitative estimate of drug-likeness (QED) is 0.746. The van der Waals surface area contributed by atoms with Crippen LogP contribution in [0.1, 0.15) is 12.5 Å². The van der Waals surface area contributed by atoms with Crippen LogP contribution in [0.15, 0.2) is 48.5 Å². The fraction of sp³-hybridized carbons (Fsp3) is 0.409. The largest absolute Gasteiger partial charge is 0.497 e. The number of carbonyl (C=O) groups is 1. The molecule has 1 aliphatic heterocycles. The Kier molecular flexibility index (Phi) is 7.00. The Labute approximate surface area is 167 Å². The lowest BCUT2D eigenvalue weighted by atomic mass is 10.2. The van der Waals surface area contributed by atoms with Crippen molar-refractivity contribution in [1.29, 1.82) is 0 Å². The number of anilines is 1. The number of hydrogen-bond donors (Lipinski definition) is 1. The molecule has 3 rings (SSSR count). The first-order valence-corrected chi connectivity index (χ1v) is 9.83. The predicted octanol–water partition coefficient (Wildman–Crippen LogP) is 3.17. The Hall–Kier alpha value is -2.89. The minimum Gasteiger partial charge on any atom is -0.497 e. The van der Waals surface area contributed by atoms with Gasteiger partial charge in [0.25, 0.3) is 0 Å². The molecule has 2 aromatic rings. The molecule has 2 amide bonds. The van der Waals surface area contributed by atoms with Gasteiger partial charge in [0, 0.05) is 31.9 Å². The van der Waals surface area contributed by atoms with Crippen molar-refractivity contribution < 1.29 is 14.3 Å². The second-order valence-electron chi connectivity index (χ2n) is 6.75. The number of piperazine rings is 1. The number of nitrogens with one attached hydrogen (secondary N) is 1. The summed E-state index contributed by atoms with van der Waals surface area (Å²) in [5.41, 5.74) is 2.44. The summed E-state index contributed by atoms with van der Waals surface area (Å²) < 4.78 is 10.9. The SMILES string of the molecule is CCc1ccc(OCCNC(=O)N2CCN(c3ccc(OC)cc3)CC2)cc1. The molecule has 150 valence electrons. The number of methoxy groups -OCH3 is 1. The van der Waals surface area contributed by atoms with Gasteiger partial charge >= 0.3 is 6.03 Å². The van der Waals surface area contributed by atoms with Crippen molar-refractivity contribution in [3.05, 3.63) is 54.1 Å². The number of nitrogens with zero attached hydrogens (tertiary/aromatic N) is 2. The lowest BCUT2D eigenvalue weighted by molar-refractivity contribution is 0.191. The standard InChI is InChI=1S/C22H29N3O3/c1-3-18-4-8-21(9-5-18)28-17-12-23-22(26)25-15-13-24(14-16-25)19-6-10-20(27-2)11-7-19/h4-11H,3,12-17H2,1-2H3,(H,23,26). The van der Waals surface area contributed by atoms with Crippen molar-refractivity contribution in [2.24, 2.45) is 0 Å². The highest BCUT2D eigenvalue weighted by Gasteiger charge is 2.21. The van der Waals surface area contributed by atoms with E-state index < -0.39 is 0 Å². The summed E-state index contributed by atoms with van der Waals surface area (Å²) in [6.45, 7) is 6.13. The fourth-order valence-electron chi connectivity index (χ4n) is 3.22. The maximum Gasteiger partial charge on any atom is 0.317 e. The van der Waals surface area contributed by atoms with Crippen LogP contribution >= 0.6 is 0 Å². The van der Waals surface area contributed by atoms with Gasteiger partial charge in [-0.1, -0.05) is 19.1 Å². The molecule has 28 heavy (non-hydrogen) atoms. The highest BCUT2D eigenvalue weighted by Crippen LogP contribution is 2.20. The molecule has 0 saturated carbocycles. The summed E-state index contributed by atoms with van der Waals surface area (Å²) in [6, 6.07) is 16.1. The van der Waals surface area contributed by atoms with E-state index in [9.17, 15) is 4.79 Å². The maximum absolute atomic E-state index is 12.3. The number of amides is 2. The van der Waals surface area contributed by atoms with Crippen LogP contribution in [-0.2, 0) is 6.42 Å². The van der Waals surface area contributed by atoms with Crippen molar-refractivity contribution in [2.45, 2.75) is 13.3 Å². The number of aryl methyl sites for hydroxylation is 1. The highest BCUT2D eigenvalue weighted by molar-refractivity contribution is 5.74. The summed E-state index contributed by atoms with van der Waals surface area (Å²) in [5.74, 6) is 1.69. The van der Waals surface area contributed by atoms with Gasteiger partial charge in [-0.2, -0.15) is 0 Å². The molecule has 1 aliphatic rings. The zero-order valence-corrected chi connectivity index (χ0v) is 16.7. The summed E-state index contributed by atoms with van der Waals surface area (Å²) in [5, 5.41) is 2.94. The lowest BCUT2D eigenvalue weighted by Crippen LogP contribution is -2.52. The van der Waals surface area contributed by atoms with E-state index in [0.717, 1.165) is 36.7 Å². The topological polar surface area (TPSA) is 54.0 Å². The van der Waals surface area contributed by atoms with Gasteiger partial charge in [-0.15, -0.1) is 0 Å². The Bertz CT molecular complexity index is 739. The molecule has 2 aromatic carbocycles. The van der Waals surface area contributed by atoms with E-state index in [4.69, 9.17) is 9.47 Å². The van der Waals surface area contributed by atoms with Gasteiger partial charge in [-0.3, -0.25) is 0 Å². The van der Waals surface area contributed by atoms with Gasteiger partial charge in [0.15, 0.2) is 0 Å². The molecule has 0 aliphatic carbocycles. The van der Waals surface area contributed by atoms with Crippen LogP contribution in [0.3, 0.4) is 0 Å². The average Bonchev–Trinajstić information content (AvgIpc) is 2.77. The van der Waals surface area contributed by atoms with Crippen molar-refractivity contribution >= 4 is 11.7 Å². The third-order valence-electron chi connectivity index (χ3n) is 4.98. The summed E-state index contributed by atoms with van der Waals surface area (Å²) >= 11 is 0. The van der Waals surface area contributed by atoms with Crippen molar-refractivity contribution in [3.63, 3.8) is 0 Å². The maximum atomic E-state index is 12.3. The van der Waals surface area contributed by atoms with Crippen molar-refractivity contribution in [3.8, 4) is 11.5 Å². The third-order valence-corrected chi connectivity index (χ3v) is 4.98. The summed E-state index contributed by atoms with van der Waals surface area (Å²) in [7, 11) is 1.67. The third kappa shape index (κ3) is 5.31. The number of carbonyl (C=O) groups excluding carboxylic acids is 1. The van der Waals surface area contributed by atoms with Gasteiger partial charge in [-0.05, 0) is 48.4 Å². The molecule has 0 bridgehead atoms. The summed E-state index contributed by atoms with van der Waals surface area (Å²) in [4.78, 5) is 16.5. The molecule has 0 radical (unpaired) electrons. The lowest BCUT2D eigenvalue weighted by Gasteiger charge is -2.36. The van der Waals surface area contributed by atoms with E-state index in [1.165, 1.54) is 5.56 Å². The van der Waals surface area contributed by atoms with E-state index in [1.807, 2.05) is 29.2 Å². The van der Waals surface area contributed by atoms with Crippen molar-refractivity contribution in [1.82, 2.24) is 10.2 Å². The average molecular weight is 383 g/mol. The van der Waals surface area contributed by atoms with Gasteiger partial charge in [0.05, 0.1) is 13.7 Å². The van der Waals surface area contributed by atoms with E-state index in [-0.39, 0.29) is 6.03 Å². The smallest absolute Gasteiger partial charge is 0.317 e.